The highest BCUT2D eigenvalue weighted by molar-refractivity contribution is 6.30. The maximum Gasteiger partial charge on any atom is 0.290 e. The highest BCUT2D eigenvalue weighted by Crippen LogP contribution is 2.23. The monoisotopic (exact) mass is 372 g/mol. The Bertz CT molecular complexity index is 998. The summed E-state index contributed by atoms with van der Waals surface area (Å²) in [6.07, 6.45) is 3.14. The van der Waals surface area contributed by atoms with Crippen molar-refractivity contribution in [1.82, 2.24) is 14.8 Å². The summed E-state index contributed by atoms with van der Waals surface area (Å²) in [5.41, 5.74) is 4.80. The van der Waals surface area contributed by atoms with E-state index in [0.29, 0.717) is 39.1 Å². The number of methoxy groups -OCH3 is 2. The van der Waals surface area contributed by atoms with E-state index in [0.717, 1.165) is 0 Å². The minimum absolute atomic E-state index is 0.376. The number of carbonyl (C=O) groups excluding carboxylic acids is 1. The van der Waals surface area contributed by atoms with E-state index >= 15 is 0 Å². The summed E-state index contributed by atoms with van der Waals surface area (Å²) in [7, 11) is 3.13. The molecule has 0 atom stereocenters. The molecule has 0 unspecified atom stereocenters. The number of nitrogens with zero attached hydrogens (tertiary/aromatic N) is 3. The molecule has 0 spiro atoms. The second-order valence-corrected chi connectivity index (χ2v) is 5.86. The number of hydrogen-bond acceptors (Lipinski definition) is 5. The lowest BCUT2D eigenvalue weighted by molar-refractivity contribution is 0.0948. The molecule has 3 rings (SSSR count). The van der Waals surface area contributed by atoms with Crippen molar-refractivity contribution in [3.8, 4) is 11.5 Å². The van der Waals surface area contributed by atoms with E-state index in [2.05, 4.69) is 15.5 Å². The molecule has 1 N–H and O–H groups in total. The molecule has 26 heavy (non-hydrogen) atoms. The van der Waals surface area contributed by atoms with Crippen molar-refractivity contribution in [2.75, 3.05) is 14.2 Å². The molecule has 1 aromatic carbocycles. The Morgan fingerprint density at radius 3 is 2.81 bits per heavy atom. The lowest BCUT2D eigenvalue weighted by Crippen LogP contribution is -2.20. The van der Waals surface area contributed by atoms with Gasteiger partial charge in [-0.25, -0.2) is 10.4 Å². The normalized spacial score (nSPS) is 11.1. The van der Waals surface area contributed by atoms with Crippen molar-refractivity contribution in [3.05, 3.63) is 58.5 Å². The van der Waals surface area contributed by atoms with Crippen molar-refractivity contribution >= 4 is 29.4 Å². The number of benzene rings is 1. The number of imidazole rings is 1. The number of hydrogen-bond donors (Lipinski definition) is 1. The number of carbonyl (C=O) groups is 1. The molecular weight excluding hydrogens is 356 g/mol. The first kappa shape index (κ1) is 17.8. The molecule has 7 nitrogen and oxygen atoms in total. The number of aromatic nitrogens is 2. The molecule has 1 amide bonds. The summed E-state index contributed by atoms with van der Waals surface area (Å²) in [4.78, 5) is 16.9. The molecule has 134 valence electrons. The van der Waals surface area contributed by atoms with Gasteiger partial charge in [-0.2, -0.15) is 5.10 Å². The van der Waals surface area contributed by atoms with Crippen LogP contribution >= 0.6 is 11.6 Å². The number of hydrazone groups is 1. The van der Waals surface area contributed by atoms with Crippen LogP contribution in [0.3, 0.4) is 0 Å². The van der Waals surface area contributed by atoms with Gasteiger partial charge < -0.3 is 9.47 Å². The van der Waals surface area contributed by atoms with Gasteiger partial charge >= 0.3 is 0 Å². The molecular formula is C18H17ClN4O3. The van der Waals surface area contributed by atoms with E-state index in [1.54, 1.807) is 62.1 Å². The van der Waals surface area contributed by atoms with Crippen molar-refractivity contribution in [2.24, 2.45) is 5.10 Å². The van der Waals surface area contributed by atoms with Gasteiger partial charge in [0.1, 0.15) is 22.8 Å². The van der Waals surface area contributed by atoms with Gasteiger partial charge in [-0.1, -0.05) is 11.6 Å². The van der Waals surface area contributed by atoms with Crippen LogP contribution in [-0.4, -0.2) is 35.7 Å². The van der Waals surface area contributed by atoms with Crippen molar-refractivity contribution in [3.63, 3.8) is 0 Å². The Kier molecular flexibility index (Phi) is 5.09. The van der Waals surface area contributed by atoms with Crippen LogP contribution in [0.5, 0.6) is 11.5 Å². The zero-order valence-corrected chi connectivity index (χ0v) is 15.2. The number of halogens is 1. The second-order valence-electron chi connectivity index (χ2n) is 5.43. The van der Waals surface area contributed by atoms with Gasteiger partial charge in [-0.15, -0.1) is 0 Å². The van der Waals surface area contributed by atoms with Crippen LogP contribution in [0.2, 0.25) is 5.02 Å². The van der Waals surface area contributed by atoms with E-state index < -0.39 is 0 Å². The number of rotatable bonds is 5. The van der Waals surface area contributed by atoms with Crippen LogP contribution in [0.15, 0.2) is 41.6 Å². The van der Waals surface area contributed by atoms with Gasteiger partial charge in [0.2, 0.25) is 0 Å². The summed E-state index contributed by atoms with van der Waals surface area (Å²) < 4.78 is 12.1. The van der Waals surface area contributed by atoms with Crippen LogP contribution in [-0.2, 0) is 0 Å². The van der Waals surface area contributed by atoms with E-state index in [1.807, 2.05) is 0 Å². The summed E-state index contributed by atoms with van der Waals surface area (Å²) in [6, 6.07) is 8.77. The van der Waals surface area contributed by atoms with Gasteiger partial charge in [0, 0.05) is 17.8 Å². The van der Waals surface area contributed by atoms with E-state index in [4.69, 9.17) is 21.1 Å². The maximum absolute atomic E-state index is 12.5. The standard InChI is InChI=1S/C18H17ClN4O3/c1-11-17(23-10-13(19)5-7-16(23)21-11)18(24)22-20-9-12-4-6-14(25-2)8-15(12)26-3/h4-10H,1-3H3,(H,22,24)/b20-9-. The van der Waals surface area contributed by atoms with Crippen LogP contribution in [0, 0.1) is 6.92 Å². The van der Waals surface area contributed by atoms with Gasteiger partial charge in [0.05, 0.1) is 31.2 Å². The van der Waals surface area contributed by atoms with Crippen LogP contribution in [0.25, 0.3) is 5.65 Å². The Balaban J connectivity index is 1.82. The molecule has 0 fully saturated rings. The molecule has 8 heteroatoms. The van der Waals surface area contributed by atoms with Gasteiger partial charge in [0.25, 0.3) is 5.91 Å². The van der Waals surface area contributed by atoms with Crippen molar-refractivity contribution in [2.45, 2.75) is 6.92 Å². The third kappa shape index (κ3) is 3.48. The Hall–Kier alpha value is -3.06. The zero-order chi connectivity index (χ0) is 18.7. The molecule has 3 aromatic rings. The van der Waals surface area contributed by atoms with Crippen molar-refractivity contribution in [1.29, 1.82) is 0 Å². The maximum atomic E-state index is 12.5. The minimum atomic E-state index is -0.388. The number of pyridine rings is 1. The smallest absolute Gasteiger partial charge is 0.290 e. The molecule has 0 saturated carbocycles. The fraction of sp³-hybridized carbons (Fsp3) is 0.167. The molecule has 0 radical (unpaired) electrons. The quantitative estimate of drug-likeness (QED) is 0.551. The fourth-order valence-corrected chi connectivity index (χ4v) is 2.71. The average molecular weight is 373 g/mol. The van der Waals surface area contributed by atoms with Crippen LogP contribution < -0.4 is 14.9 Å². The predicted molar refractivity (Wildman–Crippen MR) is 99.5 cm³/mol. The molecule has 0 aliphatic rings. The molecule has 2 aromatic heterocycles. The average Bonchev–Trinajstić information content (AvgIpc) is 2.96. The number of amides is 1. The zero-order valence-electron chi connectivity index (χ0n) is 14.5. The summed E-state index contributed by atoms with van der Waals surface area (Å²) in [5, 5.41) is 4.52. The summed E-state index contributed by atoms with van der Waals surface area (Å²) in [5.74, 6) is 0.863. The lowest BCUT2D eigenvalue weighted by atomic mass is 10.2. The topological polar surface area (TPSA) is 77.2 Å². The largest absolute Gasteiger partial charge is 0.497 e. The predicted octanol–water partition coefficient (Wildman–Crippen LogP) is 3.08. The number of ether oxygens (including phenoxy) is 2. The Morgan fingerprint density at radius 2 is 2.08 bits per heavy atom. The first-order valence-corrected chi connectivity index (χ1v) is 8.11. The molecule has 0 aliphatic carbocycles. The first-order valence-electron chi connectivity index (χ1n) is 7.73. The second kappa shape index (κ2) is 7.45. The highest BCUT2D eigenvalue weighted by Gasteiger charge is 2.16. The Morgan fingerprint density at radius 1 is 1.27 bits per heavy atom. The van der Waals surface area contributed by atoms with Crippen molar-refractivity contribution < 1.29 is 14.3 Å². The fourth-order valence-electron chi connectivity index (χ4n) is 2.55. The Labute approximate surface area is 155 Å². The van der Waals surface area contributed by atoms with Crippen LogP contribution in [0.1, 0.15) is 21.7 Å². The van der Waals surface area contributed by atoms with Gasteiger partial charge in [0.15, 0.2) is 0 Å². The molecule has 0 bridgehead atoms. The number of fused-ring (bicyclic) bond motifs is 1. The SMILES string of the molecule is COc1ccc(/C=N\NC(=O)c2c(C)nc3ccc(Cl)cn23)c(OC)c1. The summed E-state index contributed by atoms with van der Waals surface area (Å²) >= 11 is 6.01. The number of nitrogens with one attached hydrogen (secondary N) is 1. The third-order valence-electron chi connectivity index (χ3n) is 3.78. The molecule has 0 aliphatic heterocycles. The first-order chi connectivity index (χ1) is 12.5. The van der Waals surface area contributed by atoms with E-state index in [9.17, 15) is 4.79 Å². The lowest BCUT2D eigenvalue weighted by Gasteiger charge is -2.07. The van der Waals surface area contributed by atoms with E-state index in [-0.39, 0.29) is 5.91 Å². The van der Waals surface area contributed by atoms with E-state index in [1.165, 1.54) is 6.21 Å². The molecule has 2 heterocycles. The summed E-state index contributed by atoms with van der Waals surface area (Å²) in [6.45, 7) is 1.76. The number of aryl methyl sites for hydroxylation is 1. The van der Waals surface area contributed by atoms with Gasteiger partial charge in [-0.05, 0) is 31.2 Å². The minimum Gasteiger partial charge on any atom is -0.497 e. The van der Waals surface area contributed by atoms with Crippen LogP contribution in [0.4, 0.5) is 0 Å². The molecule has 0 saturated heterocycles. The van der Waals surface area contributed by atoms with Gasteiger partial charge in [-0.3, -0.25) is 9.20 Å². The third-order valence-corrected chi connectivity index (χ3v) is 4.01. The highest BCUT2D eigenvalue weighted by atomic mass is 35.5.